The van der Waals surface area contributed by atoms with Crippen LogP contribution in [0, 0.1) is 0 Å². The number of anilines is 1. The van der Waals surface area contributed by atoms with Gasteiger partial charge in [-0.1, -0.05) is 25.1 Å². The molecule has 35 heavy (non-hydrogen) atoms. The Kier molecular flexibility index (Phi) is 6.91. The number of amides is 1. The molecule has 0 radical (unpaired) electrons. The second-order valence-electron chi connectivity index (χ2n) is 9.91. The lowest BCUT2D eigenvalue weighted by Crippen LogP contribution is -2.45. The van der Waals surface area contributed by atoms with Crippen molar-refractivity contribution in [3.8, 4) is 11.1 Å². The highest BCUT2D eigenvalue weighted by Gasteiger charge is 2.25. The Morgan fingerprint density at radius 3 is 2.60 bits per heavy atom. The molecule has 3 N–H and O–H groups in total. The third-order valence-electron chi connectivity index (χ3n) is 6.31. The van der Waals surface area contributed by atoms with E-state index < -0.39 is 11.6 Å². The van der Waals surface area contributed by atoms with E-state index in [-0.39, 0.29) is 0 Å². The number of fused-ring (bicyclic) bond motifs is 3. The Morgan fingerprint density at radius 2 is 1.94 bits per heavy atom. The summed E-state index contributed by atoms with van der Waals surface area (Å²) in [5, 5.41) is 10.6. The molecule has 4 rings (SSSR count). The number of carbonyl (C=O) groups is 1. The SMILES string of the molecule is CCCc1nc2c(N)nc3cc(-c4cccnc4)ccc3c2n1CCCCN(C(=O)O)C(C)(C)C. The van der Waals surface area contributed by atoms with E-state index in [1.165, 1.54) is 4.90 Å². The second-order valence-corrected chi connectivity index (χ2v) is 9.91. The number of nitrogens with two attached hydrogens (primary N) is 1. The van der Waals surface area contributed by atoms with Crippen molar-refractivity contribution in [2.75, 3.05) is 12.3 Å². The molecule has 0 fully saturated rings. The van der Waals surface area contributed by atoms with Crippen LogP contribution in [0.3, 0.4) is 0 Å². The third-order valence-corrected chi connectivity index (χ3v) is 6.31. The van der Waals surface area contributed by atoms with Gasteiger partial charge in [-0.2, -0.15) is 0 Å². The first-order valence-corrected chi connectivity index (χ1v) is 12.2. The molecule has 0 unspecified atom stereocenters. The van der Waals surface area contributed by atoms with Gasteiger partial charge < -0.3 is 20.3 Å². The van der Waals surface area contributed by atoms with Gasteiger partial charge >= 0.3 is 6.09 Å². The highest BCUT2D eigenvalue weighted by atomic mass is 16.4. The summed E-state index contributed by atoms with van der Waals surface area (Å²) in [6, 6.07) is 10.2. The first-order valence-electron chi connectivity index (χ1n) is 12.2. The lowest BCUT2D eigenvalue weighted by atomic mass is 10.0. The number of pyridine rings is 2. The van der Waals surface area contributed by atoms with E-state index in [4.69, 9.17) is 10.7 Å². The lowest BCUT2D eigenvalue weighted by molar-refractivity contribution is 0.0989. The van der Waals surface area contributed by atoms with Crippen LogP contribution in [-0.2, 0) is 13.0 Å². The maximum absolute atomic E-state index is 11.7. The molecular formula is C27H34N6O2. The number of nitrogens with zero attached hydrogens (tertiary/aromatic N) is 5. The smallest absolute Gasteiger partial charge is 0.407 e. The van der Waals surface area contributed by atoms with Crippen LogP contribution in [0.2, 0.25) is 0 Å². The Hall–Kier alpha value is -3.68. The van der Waals surface area contributed by atoms with Crippen LogP contribution in [0.25, 0.3) is 33.1 Å². The van der Waals surface area contributed by atoms with E-state index >= 15 is 0 Å². The second kappa shape index (κ2) is 9.90. The summed E-state index contributed by atoms with van der Waals surface area (Å²) in [7, 11) is 0. The number of carboxylic acid groups (broad SMARTS) is 1. The Morgan fingerprint density at radius 1 is 1.14 bits per heavy atom. The molecule has 0 saturated carbocycles. The zero-order chi connectivity index (χ0) is 25.2. The molecule has 3 aromatic heterocycles. The number of benzene rings is 1. The van der Waals surface area contributed by atoms with Gasteiger partial charge in [0.1, 0.15) is 11.3 Å². The zero-order valence-electron chi connectivity index (χ0n) is 21.0. The van der Waals surface area contributed by atoms with Crippen LogP contribution in [-0.4, -0.2) is 47.7 Å². The lowest BCUT2D eigenvalue weighted by Gasteiger charge is -2.33. The summed E-state index contributed by atoms with van der Waals surface area (Å²) < 4.78 is 2.26. The van der Waals surface area contributed by atoms with Gasteiger partial charge in [-0.15, -0.1) is 0 Å². The quantitative estimate of drug-likeness (QED) is 0.315. The van der Waals surface area contributed by atoms with Gasteiger partial charge in [0.25, 0.3) is 0 Å². The minimum Gasteiger partial charge on any atom is -0.465 e. The van der Waals surface area contributed by atoms with Crippen LogP contribution in [0.15, 0.2) is 42.7 Å². The van der Waals surface area contributed by atoms with Crippen molar-refractivity contribution in [3.63, 3.8) is 0 Å². The first-order chi connectivity index (χ1) is 16.7. The fraction of sp³-hybridized carbons (Fsp3) is 0.407. The van der Waals surface area contributed by atoms with Gasteiger partial charge in [0.15, 0.2) is 5.82 Å². The summed E-state index contributed by atoms with van der Waals surface area (Å²) >= 11 is 0. The fourth-order valence-corrected chi connectivity index (χ4v) is 4.58. The average molecular weight is 475 g/mol. The molecule has 0 spiro atoms. The molecule has 4 aromatic rings. The highest BCUT2D eigenvalue weighted by molar-refractivity contribution is 6.07. The number of hydrogen-bond acceptors (Lipinski definition) is 5. The zero-order valence-corrected chi connectivity index (χ0v) is 21.0. The van der Waals surface area contributed by atoms with E-state index in [1.807, 2.05) is 45.2 Å². The molecule has 1 aromatic carbocycles. The minimum atomic E-state index is -0.883. The van der Waals surface area contributed by atoms with Gasteiger partial charge in [0, 0.05) is 48.4 Å². The fourth-order valence-electron chi connectivity index (χ4n) is 4.58. The topological polar surface area (TPSA) is 110 Å². The molecule has 8 nitrogen and oxygen atoms in total. The standard InChI is InChI=1S/C27H34N6O2/c1-5-9-22-31-23-24(32(22)14-6-7-15-33(26(34)35)27(2,3)4)20-12-11-18(16-21(20)30-25(23)28)19-10-8-13-29-17-19/h8,10-13,16-17H,5-7,9,14-15H2,1-4H3,(H2,28,30)(H,34,35). The summed E-state index contributed by atoms with van der Waals surface area (Å²) in [6.07, 6.45) is 6.12. The largest absolute Gasteiger partial charge is 0.465 e. The highest BCUT2D eigenvalue weighted by Crippen LogP contribution is 2.32. The molecule has 1 amide bonds. The predicted molar refractivity (Wildman–Crippen MR) is 140 cm³/mol. The molecule has 0 aliphatic heterocycles. The average Bonchev–Trinajstić information content (AvgIpc) is 3.17. The van der Waals surface area contributed by atoms with Gasteiger partial charge in [0.05, 0.1) is 11.0 Å². The first kappa shape index (κ1) is 24.4. The minimum absolute atomic E-state index is 0.427. The molecule has 8 heteroatoms. The van der Waals surface area contributed by atoms with Crippen molar-refractivity contribution in [2.24, 2.45) is 0 Å². The third kappa shape index (κ3) is 5.06. The number of nitrogen functional groups attached to an aromatic ring is 1. The van der Waals surface area contributed by atoms with Crippen LogP contribution < -0.4 is 5.73 Å². The van der Waals surface area contributed by atoms with Crippen molar-refractivity contribution in [3.05, 3.63) is 48.5 Å². The number of aromatic nitrogens is 4. The van der Waals surface area contributed by atoms with Gasteiger partial charge in [-0.05, 0) is 57.7 Å². The predicted octanol–water partition coefficient (Wildman–Crippen LogP) is 5.74. The maximum atomic E-state index is 11.7. The van der Waals surface area contributed by atoms with Crippen molar-refractivity contribution < 1.29 is 9.90 Å². The number of hydrogen-bond donors (Lipinski definition) is 2. The normalized spacial score (nSPS) is 11.9. The van der Waals surface area contributed by atoms with E-state index in [0.29, 0.717) is 12.4 Å². The van der Waals surface area contributed by atoms with Crippen molar-refractivity contribution in [1.82, 2.24) is 24.4 Å². The summed E-state index contributed by atoms with van der Waals surface area (Å²) in [5.74, 6) is 1.42. The van der Waals surface area contributed by atoms with E-state index in [0.717, 1.165) is 71.1 Å². The summed E-state index contributed by atoms with van der Waals surface area (Å²) in [4.78, 5) is 27.0. The monoisotopic (exact) mass is 474 g/mol. The molecule has 0 atom stereocenters. The maximum Gasteiger partial charge on any atom is 0.407 e. The van der Waals surface area contributed by atoms with Crippen molar-refractivity contribution >= 4 is 33.8 Å². The Labute approximate surface area is 205 Å². The van der Waals surface area contributed by atoms with Crippen LogP contribution >= 0.6 is 0 Å². The van der Waals surface area contributed by atoms with Gasteiger partial charge in [0.2, 0.25) is 0 Å². The summed E-state index contributed by atoms with van der Waals surface area (Å²) in [5.41, 5.74) is 10.6. The molecular weight excluding hydrogens is 440 g/mol. The number of imidazole rings is 1. The van der Waals surface area contributed by atoms with Crippen molar-refractivity contribution in [1.29, 1.82) is 0 Å². The molecule has 0 bridgehead atoms. The van der Waals surface area contributed by atoms with Crippen molar-refractivity contribution in [2.45, 2.75) is 65.5 Å². The van der Waals surface area contributed by atoms with E-state index in [2.05, 4.69) is 33.6 Å². The summed E-state index contributed by atoms with van der Waals surface area (Å²) in [6.45, 7) is 9.14. The van der Waals surface area contributed by atoms with Gasteiger partial charge in [-0.25, -0.2) is 14.8 Å². The molecule has 3 heterocycles. The van der Waals surface area contributed by atoms with Crippen LogP contribution in [0.1, 0.15) is 52.8 Å². The van der Waals surface area contributed by atoms with Gasteiger partial charge in [-0.3, -0.25) is 4.98 Å². The number of aryl methyl sites for hydroxylation is 2. The van der Waals surface area contributed by atoms with E-state index in [1.54, 1.807) is 6.20 Å². The molecule has 184 valence electrons. The molecule has 0 saturated heterocycles. The van der Waals surface area contributed by atoms with E-state index in [9.17, 15) is 9.90 Å². The Bertz CT molecular complexity index is 1340. The van der Waals surface area contributed by atoms with Crippen LogP contribution in [0.5, 0.6) is 0 Å². The molecule has 0 aliphatic rings. The van der Waals surface area contributed by atoms with Crippen LogP contribution in [0.4, 0.5) is 10.6 Å². The molecule has 0 aliphatic carbocycles. The number of rotatable bonds is 8. The Balaban J connectivity index is 1.69. The number of unbranched alkanes of at least 4 members (excludes halogenated alkanes) is 1.